The third-order valence-electron chi connectivity index (χ3n) is 6.00. The van der Waals surface area contributed by atoms with Gasteiger partial charge in [-0.2, -0.15) is 0 Å². The summed E-state index contributed by atoms with van der Waals surface area (Å²) in [5, 5.41) is 30.5. The number of phenolic OH excluding ortho intramolecular Hbond substituents is 2. The molecule has 29 heavy (non-hydrogen) atoms. The molecule has 2 rings (SSSR count). The van der Waals surface area contributed by atoms with Crippen molar-refractivity contribution in [1.82, 2.24) is 0 Å². The lowest BCUT2D eigenvalue weighted by Crippen LogP contribution is -2.22. The first kappa shape index (κ1) is 25.1. The lowest BCUT2D eigenvalue weighted by atomic mass is 9.75. The molecule has 0 bridgehead atoms. The summed E-state index contributed by atoms with van der Waals surface area (Å²) in [6, 6.07) is 3.55. The van der Waals surface area contributed by atoms with Gasteiger partial charge >= 0.3 is 5.97 Å². The van der Waals surface area contributed by atoms with E-state index in [0.29, 0.717) is 18.4 Å². The molecule has 1 fully saturated rings. The summed E-state index contributed by atoms with van der Waals surface area (Å²) in [4.78, 5) is 11.3. The van der Waals surface area contributed by atoms with Gasteiger partial charge in [-0.25, -0.2) is 0 Å². The van der Waals surface area contributed by atoms with Crippen LogP contribution in [0.25, 0.3) is 0 Å². The summed E-state index contributed by atoms with van der Waals surface area (Å²) in [6.45, 7) is 11.7. The van der Waals surface area contributed by atoms with Gasteiger partial charge < -0.3 is 15.3 Å². The molecule has 1 aromatic carbocycles. The second kappa shape index (κ2) is 11.9. The molecule has 0 aromatic heterocycles. The van der Waals surface area contributed by atoms with Crippen LogP contribution in [-0.2, 0) is 10.2 Å². The van der Waals surface area contributed by atoms with Crippen LogP contribution in [0.2, 0.25) is 0 Å². The Labute approximate surface area is 176 Å². The van der Waals surface area contributed by atoms with Gasteiger partial charge in [-0.05, 0) is 61.6 Å². The van der Waals surface area contributed by atoms with Gasteiger partial charge in [0.1, 0.15) is 11.5 Å². The normalized spacial score (nSPS) is 19.2. The summed E-state index contributed by atoms with van der Waals surface area (Å²) in [6.07, 6.45) is 10.3. The average Bonchev–Trinajstić information content (AvgIpc) is 2.65. The molecule has 0 heterocycles. The first-order valence-corrected chi connectivity index (χ1v) is 11.0. The molecule has 1 aliphatic carbocycles. The van der Waals surface area contributed by atoms with E-state index in [1.807, 2.05) is 6.92 Å². The molecule has 0 spiro atoms. The number of allylic oxidation sites excluding steroid dienone is 1. The summed E-state index contributed by atoms with van der Waals surface area (Å²) in [5.74, 6) is -1.04. The van der Waals surface area contributed by atoms with Crippen LogP contribution in [-0.4, -0.2) is 21.3 Å². The van der Waals surface area contributed by atoms with Gasteiger partial charge in [-0.15, -0.1) is 6.58 Å². The van der Waals surface area contributed by atoms with E-state index in [1.165, 1.54) is 19.3 Å². The minimum atomic E-state index is -0.779. The van der Waals surface area contributed by atoms with Crippen LogP contribution in [0.3, 0.4) is 0 Å². The number of carboxylic acids is 1. The molecule has 1 aromatic rings. The highest BCUT2D eigenvalue weighted by Gasteiger charge is 2.32. The Balaban J connectivity index is 0.00000132. The van der Waals surface area contributed by atoms with E-state index in [2.05, 4.69) is 27.4 Å². The van der Waals surface area contributed by atoms with Crippen LogP contribution in [0.5, 0.6) is 11.5 Å². The zero-order valence-electron chi connectivity index (χ0n) is 18.7. The molecular formula is C25H40O4. The van der Waals surface area contributed by atoms with Crippen molar-refractivity contribution in [2.24, 2.45) is 5.92 Å². The van der Waals surface area contributed by atoms with Crippen LogP contribution in [0.15, 0.2) is 24.8 Å². The predicted octanol–water partition coefficient (Wildman–Crippen LogP) is 6.90. The van der Waals surface area contributed by atoms with Gasteiger partial charge in [-0.3, -0.25) is 4.79 Å². The van der Waals surface area contributed by atoms with Gasteiger partial charge in [0.2, 0.25) is 0 Å². The van der Waals surface area contributed by atoms with Gasteiger partial charge in [0.05, 0.1) is 5.92 Å². The number of hydrogen-bond acceptors (Lipinski definition) is 3. The summed E-state index contributed by atoms with van der Waals surface area (Å²) >= 11 is 0. The molecule has 4 heteroatoms. The van der Waals surface area contributed by atoms with E-state index in [-0.39, 0.29) is 28.7 Å². The van der Waals surface area contributed by atoms with E-state index >= 15 is 0 Å². The van der Waals surface area contributed by atoms with Crippen LogP contribution in [0, 0.1) is 5.92 Å². The maximum absolute atomic E-state index is 11.3. The standard InChI is InChI=1S/C22H34O4.C3H6/c1-4-5-6-7-11-22(2,3)17-13-18(23)20(19(24)14-17)15-9-8-10-16(12-15)21(25)26;1-3-2/h13-16,23-24H,4-12H2,1-3H3,(H,25,26);3H,1H2,2H3. The fourth-order valence-electron chi connectivity index (χ4n) is 4.25. The number of aromatic hydroxyl groups is 2. The van der Waals surface area contributed by atoms with Crippen molar-refractivity contribution < 1.29 is 20.1 Å². The lowest BCUT2D eigenvalue weighted by molar-refractivity contribution is -0.143. The Morgan fingerprint density at radius 2 is 1.76 bits per heavy atom. The number of benzene rings is 1. The summed E-state index contributed by atoms with van der Waals surface area (Å²) < 4.78 is 0. The van der Waals surface area contributed by atoms with Gasteiger partial charge in [0, 0.05) is 5.56 Å². The molecule has 2 unspecified atom stereocenters. The van der Waals surface area contributed by atoms with Crippen molar-refractivity contribution in [2.45, 2.75) is 96.8 Å². The van der Waals surface area contributed by atoms with E-state index in [0.717, 1.165) is 31.2 Å². The van der Waals surface area contributed by atoms with Crippen LogP contribution in [0.1, 0.15) is 103 Å². The van der Waals surface area contributed by atoms with Gasteiger partial charge in [-0.1, -0.05) is 59.0 Å². The number of phenols is 2. The Morgan fingerprint density at radius 1 is 1.17 bits per heavy atom. The van der Waals surface area contributed by atoms with Crippen molar-refractivity contribution in [1.29, 1.82) is 0 Å². The number of carboxylic acid groups (broad SMARTS) is 1. The second-order valence-electron chi connectivity index (χ2n) is 8.93. The molecule has 0 aliphatic heterocycles. The molecule has 4 nitrogen and oxygen atoms in total. The molecule has 164 valence electrons. The maximum Gasteiger partial charge on any atom is 0.306 e. The smallest absolute Gasteiger partial charge is 0.306 e. The van der Waals surface area contributed by atoms with Gasteiger partial charge in [0.15, 0.2) is 0 Å². The topological polar surface area (TPSA) is 77.8 Å². The van der Waals surface area contributed by atoms with E-state index in [1.54, 1.807) is 18.2 Å². The third kappa shape index (κ3) is 7.41. The Hall–Kier alpha value is -1.97. The summed E-state index contributed by atoms with van der Waals surface area (Å²) in [7, 11) is 0. The van der Waals surface area contributed by atoms with Gasteiger partial charge in [0.25, 0.3) is 0 Å². The fraction of sp³-hybridized carbons (Fsp3) is 0.640. The van der Waals surface area contributed by atoms with E-state index < -0.39 is 5.97 Å². The molecule has 1 aliphatic rings. The number of aliphatic carboxylic acids is 1. The quantitative estimate of drug-likeness (QED) is 0.325. The molecule has 2 atom stereocenters. The maximum atomic E-state index is 11.3. The third-order valence-corrected chi connectivity index (χ3v) is 6.00. The molecule has 0 saturated heterocycles. The zero-order valence-corrected chi connectivity index (χ0v) is 18.7. The first-order chi connectivity index (χ1) is 13.7. The molecular weight excluding hydrogens is 364 g/mol. The molecule has 0 radical (unpaired) electrons. The monoisotopic (exact) mass is 404 g/mol. The molecule has 0 amide bonds. The highest BCUT2D eigenvalue weighted by Crippen LogP contribution is 2.46. The minimum Gasteiger partial charge on any atom is -0.508 e. The SMILES string of the molecule is C=CC.CCCCCCC(C)(C)c1cc(O)c(C2CCCC(C(=O)O)C2)c(O)c1. The van der Waals surface area contributed by atoms with Crippen LogP contribution < -0.4 is 0 Å². The predicted molar refractivity (Wildman–Crippen MR) is 120 cm³/mol. The average molecular weight is 405 g/mol. The number of unbranched alkanes of at least 4 members (excludes halogenated alkanes) is 3. The van der Waals surface area contributed by atoms with Crippen LogP contribution in [0.4, 0.5) is 0 Å². The Kier molecular flexibility index (Phi) is 10.3. The highest BCUT2D eigenvalue weighted by molar-refractivity contribution is 5.70. The molecule has 1 saturated carbocycles. The van der Waals surface area contributed by atoms with Crippen molar-refractivity contribution in [2.75, 3.05) is 0 Å². The van der Waals surface area contributed by atoms with Crippen molar-refractivity contribution in [3.63, 3.8) is 0 Å². The van der Waals surface area contributed by atoms with Crippen LogP contribution >= 0.6 is 0 Å². The largest absolute Gasteiger partial charge is 0.508 e. The summed E-state index contributed by atoms with van der Waals surface area (Å²) in [5.41, 5.74) is 1.36. The first-order valence-electron chi connectivity index (χ1n) is 11.0. The Bertz CT molecular complexity index is 640. The number of rotatable bonds is 8. The highest BCUT2D eigenvalue weighted by atomic mass is 16.4. The Morgan fingerprint density at radius 3 is 2.28 bits per heavy atom. The zero-order chi connectivity index (χ0) is 22.0. The van der Waals surface area contributed by atoms with E-state index in [4.69, 9.17) is 0 Å². The number of carbonyl (C=O) groups is 1. The number of hydrogen-bond donors (Lipinski definition) is 3. The van der Waals surface area contributed by atoms with Crippen molar-refractivity contribution in [3.05, 3.63) is 35.9 Å². The minimum absolute atomic E-state index is 0.0911. The van der Waals surface area contributed by atoms with Crippen molar-refractivity contribution >= 4 is 5.97 Å². The second-order valence-corrected chi connectivity index (χ2v) is 8.93. The molecule has 3 N–H and O–H groups in total. The van der Waals surface area contributed by atoms with E-state index in [9.17, 15) is 20.1 Å². The lowest BCUT2D eigenvalue weighted by Gasteiger charge is -2.30. The van der Waals surface area contributed by atoms with Crippen molar-refractivity contribution in [3.8, 4) is 11.5 Å². The fourth-order valence-corrected chi connectivity index (χ4v) is 4.25.